The van der Waals surface area contributed by atoms with Gasteiger partial charge < -0.3 is 32.6 Å². The number of epoxide rings is 1. The van der Waals surface area contributed by atoms with E-state index in [1.54, 1.807) is 0 Å². The summed E-state index contributed by atoms with van der Waals surface area (Å²) in [5.74, 6) is -0.915. The lowest BCUT2D eigenvalue weighted by Gasteiger charge is -2.28. The van der Waals surface area contributed by atoms with E-state index in [1.807, 2.05) is 27.2 Å². The predicted octanol–water partition coefficient (Wildman–Crippen LogP) is 12.4. The van der Waals surface area contributed by atoms with Crippen LogP contribution in [0.2, 0.25) is 0 Å². The Morgan fingerprint density at radius 1 is 0.590 bits per heavy atom. The van der Waals surface area contributed by atoms with Crippen molar-refractivity contribution in [3.63, 3.8) is 0 Å². The summed E-state index contributed by atoms with van der Waals surface area (Å²) in [5.41, 5.74) is 0. The lowest BCUT2D eigenvalue weighted by atomic mass is 10.1. The van der Waals surface area contributed by atoms with Crippen molar-refractivity contribution < 1.29 is 46.8 Å². The second-order valence-corrected chi connectivity index (χ2v) is 18.9. The van der Waals surface area contributed by atoms with Crippen molar-refractivity contribution in [1.82, 2.24) is 0 Å². The number of carbonyl (C=O) groups is 2. The largest absolute Gasteiger partial charge is 0.756 e. The van der Waals surface area contributed by atoms with Crippen LogP contribution in [0.4, 0.5) is 0 Å². The number of phosphoric acid groups is 1. The van der Waals surface area contributed by atoms with Gasteiger partial charge in [0.2, 0.25) is 0 Å². The topological polar surface area (TPSA) is 124 Å². The number of allylic oxidation sites excluding steroid dienone is 8. The number of quaternary nitrogens is 1. The number of ether oxygens (including phenoxy) is 3. The molecule has 1 heterocycles. The second kappa shape index (κ2) is 38.2. The van der Waals surface area contributed by atoms with Gasteiger partial charge in [0, 0.05) is 12.8 Å². The molecule has 0 amide bonds. The maximum Gasteiger partial charge on any atom is 0.306 e. The highest BCUT2D eigenvalue weighted by molar-refractivity contribution is 7.45. The molecule has 11 heteroatoms. The molecule has 0 spiro atoms. The summed E-state index contributed by atoms with van der Waals surface area (Å²) in [6.07, 6.45) is 48.4. The quantitative estimate of drug-likeness (QED) is 0.0147. The van der Waals surface area contributed by atoms with Crippen LogP contribution in [0.25, 0.3) is 0 Å². The summed E-state index contributed by atoms with van der Waals surface area (Å²) in [5, 5.41) is 0. The van der Waals surface area contributed by atoms with E-state index in [-0.39, 0.29) is 38.3 Å². The zero-order valence-corrected chi connectivity index (χ0v) is 40.2. The van der Waals surface area contributed by atoms with Gasteiger partial charge in [0.15, 0.2) is 6.10 Å². The molecule has 0 aromatic heterocycles. The van der Waals surface area contributed by atoms with Crippen LogP contribution in [-0.2, 0) is 37.4 Å². The van der Waals surface area contributed by atoms with Crippen LogP contribution < -0.4 is 4.89 Å². The average Bonchev–Trinajstić information content (AvgIpc) is 3.97. The molecule has 0 aromatic rings. The summed E-state index contributed by atoms with van der Waals surface area (Å²) in [4.78, 5) is 37.7. The molecular formula is C50H88NO9P. The molecule has 0 saturated carbocycles. The lowest BCUT2D eigenvalue weighted by molar-refractivity contribution is -0.870. The molecule has 1 aliphatic heterocycles. The van der Waals surface area contributed by atoms with Crippen molar-refractivity contribution in [2.24, 2.45) is 0 Å². The Balaban J connectivity index is 2.29. The van der Waals surface area contributed by atoms with Gasteiger partial charge in [0.05, 0.1) is 40.0 Å². The third-order valence-corrected chi connectivity index (χ3v) is 11.4. The Hall–Kier alpha value is -2.33. The van der Waals surface area contributed by atoms with Crippen molar-refractivity contribution in [2.75, 3.05) is 47.5 Å². The molecule has 3 unspecified atom stereocenters. The van der Waals surface area contributed by atoms with E-state index in [0.29, 0.717) is 30.3 Å². The van der Waals surface area contributed by atoms with Gasteiger partial charge in [-0.05, 0) is 83.5 Å². The number of nitrogens with zero attached hydrogens (tertiary/aromatic N) is 1. The second-order valence-electron chi connectivity index (χ2n) is 17.5. The van der Waals surface area contributed by atoms with Gasteiger partial charge in [-0.2, -0.15) is 0 Å². The van der Waals surface area contributed by atoms with Crippen LogP contribution in [0.3, 0.4) is 0 Å². The highest BCUT2D eigenvalue weighted by Crippen LogP contribution is 2.38. The fourth-order valence-corrected chi connectivity index (χ4v) is 7.21. The molecule has 0 bridgehead atoms. The Labute approximate surface area is 372 Å². The maximum atomic E-state index is 12.7. The highest BCUT2D eigenvalue weighted by Gasteiger charge is 2.36. The average molecular weight is 878 g/mol. The molecule has 1 fully saturated rings. The number of carbonyl (C=O) groups excluding carboxylic acids is 2. The number of rotatable bonds is 42. The van der Waals surface area contributed by atoms with Crippen LogP contribution in [0, 0.1) is 0 Å². The SMILES string of the molecule is CCCCC/C=C\C/C=C\CCCCCCCCCCCC(=O)OC[C@H](COP(=O)([O-])OCC[N+](C)(C)C)OC(=O)CCC/C=C\CC1OC1C/C=C\C/C=C\CCCCC. The van der Waals surface area contributed by atoms with Crippen molar-refractivity contribution in [3.8, 4) is 0 Å². The van der Waals surface area contributed by atoms with Crippen LogP contribution in [0.5, 0.6) is 0 Å². The summed E-state index contributed by atoms with van der Waals surface area (Å²) in [7, 11) is 1.11. The van der Waals surface area contributed by atoms with Gasteiger partial charge in [-0.25, -0.2) is 0 Å². The third-order valence-electron chi connectivity index (χ3n) is 10.4. The lowest BCUT2D eigenvalue weighted by Crippen LogP contribution is -2.37. The number of phosphoric ester groups is 1. The monoisotopic (exact) mass is 878 g/mol. The standard InChI is InChI=1S/C50H88NO9P/c1-6-8-10-12-14-16-17-18-19-20-21-22-23-24-25-27-29-31-36-40-49(52)56-44-46(45-58-61(54,55)57-43-42-51(3,4)5)59-50(53)41-37-33-32-35-39-48-47(60-48)38-34-30-28-26-15-13-11-9-7-2/h14-16,18-19,26,30,32,34-35,46-48H,6-13,17,20-25,27-29,31,33,36-45H2,1-5H3/b16-14-,19-18-,26-15-,34-30-,35-32-/t46-,47?,48?/m1/s1. The van der Waals surface area contributed by atoms with Crippen molar-refractivity contribution >= 4 is 19.8 Å². The number of likely N-dealkylation sites (N-methyl/N-ethyl adjacent to an activating group) is 1. The van der Waals surface area contributed by atoms with E-state index in [9.17, 15) is 19.0 Å². The first-order valence-corrected chi connectivity index (χ1v) is 25.6. The first kappa shape index (κ1) is 56.7. The summed E-state index contributed by atoms with van der Waals surface area (Å²) >= 11 is 0. The van der Waals surface area contributed by atoms with E-state index in [0.717, 1.165) is 57.8 Å². The fourth-order valence-electron chi connectivity index (χ4n) is 6.48. The van der Waals surface area contributed by atoms with Crippen LogP contribution in [0.1, 0.15) is 181 Å². The molecular weight excluding hydrogens is 790 g/mol. The highest BCUT2D eigenvalue weighted by atomic mass is 31.2. The molecule has 1 rings (SSSR count). The van der Waals surface area contributed by atoms with E-state index >= 15 is 0 Å². The minimum Gasteiger partial charge on any atom is -0.756 e. The fraction of sp³-hybridized carbons (Fsp3) is 0.760. The molecule has 0 radical (unpaired) electrons. The van der Waals surface area contributed by atoms with Gasteiger partial charge in [0.25, 0.3) is 7.82 Å². The molecule has 352 valence electrons. The van der Waals surface area contributed by atoms with E-state index in [1.165, 1.54) is 77.0 Å². The van der Waals surface area contributed by atoms with E-state index < -0.39 is 32.5 Å². The summed E-state index contributed by atoms with van der Waals surface area (Å²) in [6.45, 7) is 4.09. The third kappa shape index (κ3) is 39.0. The normalized spacial score (nSPS) is 17.3. The molecule has 1 aliphatic rings. The van der Waals surface area contributed by atoms with E-state index in [2.05, 4.69) is 68.5 Å². The smallest absolute Gasteiger partial charge is 0.306 e. The van der Waals surface area contributed by atoms with Crippen LogP contribution in [0.15, 0.2) is 60.8 Å². The number of esters is 2. The molecule has 1 saturated heterocycles. The molecule has 61 heavy (non-hydrogen) atoms. The molecule has 0 aromatic carbocycles. The summed E-state index contributed by atoms with van der Waals surface area (Å²) in [6, 6.07) is 0. The van der Waals surface area contributed by atoms with Gasteiger partial charge in [-0.3, -0.25) is 14.2 Å². The van der Waals surface area contributed by atoms with Crippen LogP contribution >= 0.6 is 7.82 Å². The Kier molecular flexibility index (Phi) is 35.5. The molecule has 4 atom stereocenters. The van der Waals surface area contributed by atoms with Crippen molar-refractivity contribution in [3.05, 3.63) is 60.8 Å². The van der Waals surface area contributed by atoms with Gasteiger partial charge in [-0.1, -0.05) is 145 Å². The number of unbranched alkanes of at least 4 members (excludes halogenated alkanes) is 16. The van der Waals surface area contributed by atoms with Gasteiger partial charge >= 0.3 is 11.9 Å². The Morgan fingerprint density at radius 2 is 1.05 bits per heavy atom. The minimum atomic E-state index is -4.65. The van der Waals surface area contributed by atoms with Gasteiger partial charge in [-0.15, -0.1) is 0 Å². The molecule has 0 N–H and O–H groups in total. The Morgan fingerprint density at radius 3 is 1.61 bits per heavy atom. The number of hydrogen-bond donors (Lipinski definition) is 0. The minimum absolute atomic E-state index is 0.0471. The van der Waals surface area contributed by atoms with E-state index in [4.69, 9.17) is 23.3 Å². The van der Waals surface area contributed by atoms with Crippen LogP contribution in [-0.4, -0.2) is 82.2 Å². The zero-order valence-electron chi connectivity index (χ0n) is 39.3. The molecule has 10 nitrogen and oxygen atoms in total. The Bertz CT molecular complexity index is 1290. The van der Waals surface area contributed by atoms with Crippen molar-refractivity contribution in [2.45, 2.75) is 199 Å². The van der Waals surface area contributed by atoms with Crippen molar-refractivity contribution in [1.29, 1.82) is 0 Å². The first-order chi connectivity index (χ1) is 29.5. The zero-order chi connectivity index (χ0) is 44.7. The maximum absolute atomic E-state index is 12.7. The van der Waals surface area contributed by atoms with Gasteiger partial charge in [0.1, 0.15) is 19.8 Å². The predicted molar refractivity (Wildman–Crippen MR) is 249 cm³/mol. The summed E-state index contributed by atoms with van der Waals surface area (Å²) < 4.78 is 39.7. The molecule has 0 aliphatic carbocycles. The first-order valence-electron chi connectivity index (χ1n) is 24.1. The number of hydrogen-bond acceptors (Lipinski definition) is 9.